The number of nitrogens with two attached hydrogens (primary N) is 1. The molecule has 0 amide bonds. The Morgan fingerprint density at radius 3 is 3.06 bits per heavy atom. The molecule has 1 saturated heterocycles. The van der Waals surface area contributed by atoms with Crippen molar-refractivity contribution in [3.8, 4) is 0 Å². The van der Waals surface area contributed by atoms with Crippen LogP contribution in [0.1, 0.15) is 31.2 Å². The molecule has 0 spiro atoms. The van der Waals surface area contributed by atoms with Crippen LogP contribution in [0.4, 0.5) is 5.69 Å². The van der Waals surface area contributed by atoms with E-state index in [4.69, 9.17) is 10.5 Å². The highest BCUT2D eigenvalue weighted by Gasteiger charge is 2.14. The molecule has 0 saturated carbocycles. The van der Waals surface area contributed by atoms with Crippen LogP contribution in [0, 0.1) is 6.92 Å². The highest BCUT2D eigenvalue weighted by atomic mass is 32.2. The zero-order valence-electron chi connectivity index (χ0n) is 10.4. The van der Waals surface area contributed by atoms with Gasteiger partial charge in [0.05, 0.1) is 6.10 Å². The average Bonchev–Trinajstić information content (AvgIpc) is 2.79. The molecule has 17 heavy (non-hydrogen) atoms. The second kappa shape index (κ2) is 6.31. The van der Waals surface area contributed by atoms with E-state index in [1.165, 1.54) is 41.9 Å². The molecule has 0 aliphatic carbocycles. The van der Waals surface area contributed by atoms with Crippen LogP contribution < -0.4 is 5.73 Å². The molecule has 0 bridgehead atoms. The van der Waals surface area contributed by atoms with Gasteiger partial charge in [-0.2, -0.15) is 0 Å². The van der Waals surface area contributed by atoms with Crippen LogP contribution >= 0.6 is 11.8 Å². The topological polar surface area (TPSA) is 35.2 Å². The molecule has 1 aromatic carbocycles. The zero-order chi connectivity index (χ0) is 12.1. The summed E-state index contributed by atoms with van der Waals surface area (Å²) >= 11 is 1.93. The van der Waals surface area contributed by atoms with Crippen LogP contribution in [0.25, 0.3) is 0 Å². The lowest BCUT2D eigenvalue weighted by molar-refractivity contribution is 0.104. The summed E-state index contributed by atoms with van der Waals surface area (Å²) in [5, 5.41) is 0. The van der Waals surface area contributed by atoms with Gasteiger partial charge >= 0.3 is 0 Å². The maximum Gasteiger partial charge on any atom is 0.0576 e. The first-order valence-corrected chi connectivity index (χ1v) is 7.35. The Morgan fingerprint density at radius 1 is 1.47 bits per heavy atom. The van der Waals surface area contributed by atoms with E-state index < -0.39 is 0 Å². The Hall–Kier alpha value is -0.670. The Bertz CT molecular complexity index is 361. The van der Waals surface area contributed by atoms with Crippen molar-refractivity contribution < 1.29 is 4.74 Å². The van der Waals surface area contributed by atoms with Crippen LogP contribution in [0.3, 0.4) is 0 Å². The van der Waals surface area contributed by atoms with E-state index in [1.54, 1.807) is 0 Å². The molecule has 1 unspecified atom stereocenters. The molecule has 0 aromatic heterocycles. The van der Waals surface area contributed by atoms with Gasteiger partial charge in [-0.15, -0.1) is 11.8 Å². The van der Waals surface area contributed by atoms with Crippen molar-refractivity contribution in [2.75, 3.05) is 18.1 Å². The number of ether oxygens (including phenoxy) is 1. The van der Waals surface area contributed by atoms with Crippen molar-refractivity contribution in [2.24, 2.45) is 0 Å². The van der Waals surface area contributed by atoms with Gasteiger partial charge in [-0.25, -0.2) is 0 Å². The summed E-state index contributed by atoms with van der Waals surface area (Å²) < 4.78 is 5.62. The molecule has 1 aliphatic heterocycles. The predicted octanol–water partition coefficient (Wildman–Crippen LogP) is 3.63. The van der Waals surface area contributed by atoms with Gasteiger partial charge < -0.3 is 10.5 Å². The minimum Gasteiger partial charge on any atom is -0.399 e. The minimum absolute atomic E-state index is 0.531. The minimum atomic E-state index is 0.531. The Kier molecular flexibility index (Phi) is 4.75. The van der Waals surface area contributed by atoms with Gasteiger partial charge in [0.1, 0.15) is 0 Å². The van der Waals surface area contributed by atoms with E-state index in [0.717, 1.165) is 12.3 Å². The number of aryl methyl sites for hydroxylation is 1. The number of thioether (sulfide) groups is 1. The summed E-state index contributed by atoms with van der Waals surface area (Å²) in [6.07, 6.45) is 5.48. The summed E-state index contributed by atoms with van der Waals surface area (Å²) in [5.41, 5.74) is 7.88. The van der Waals surface area contributed by atoms with Gasteiger partial charge in [0.15, 0.2) is 0 Å². The highest BCUT2D eigenvalue weighted by molar-refractivity contribution is 7.99. The summed E-state index contributed by atoms with van der Waals surface area (Å²) in [4.78, 5) is 1.35. The number of hydrogen-bond donors (Lipinski definition) is 1. The first-order chi connectivity index (χ1) is 8.25. The van der Waals surface area contributed by atoms with Crippen molar-refractivity contribution in [3.05, 3.63) is 23.8 Å². The second-order valence-corrected chi connectivity index (χ2v) is 5.79. The molecule has 1 fully saturated rings. The molecule has 1 aromatic rings. The van der Waals surface area contributed by atoms with Gasteiger partial charge in [-0.1, -0.05) is 0 Å². The second-order valence-electron chi connectivity index (χ2n) is 4.65. The first-order valence-electron chi connectivity index (χ1n) is 6.36. The van der Waals surface area contributed by atoms with Gasteiger partial charge in [0.25, 0.3) is 0 Å². The van der Waals surface area contributed by atoms with Crippen molar-refractivity contribution in [2.45, 2.75) is 43.6 Å². The third-order valence-electron chi connectivity index (χ3n) is 3.15. The van der Waals surface area contributed by atoms with Crippen LogP contribution in [-0.2, 0) is 4.74 Å². The number of rotatable bonds is 5. The summed E-state index contributed by atoms with van der Waals surface area (Å²) in [6.45, 7) is 3.09. The summed E-state index contributed by atoms with van der Waals surface area (Å²) in [5.74, 6) is 1.17. The fourth-order valence-electron chi connectivity index (χ4n) is 2.20. The molecule has 2 rings (SSSR count). The quantitative estimate of drug-likeness (QED) is 0.493. The van der Waals surface area contributed by atoms with Crippen molar-refractivity contribution >= 4 is 17.4 Å². The summed E-state index contributed by atoms with van der Waals surface area (Å²) in [7, 11) is 0. The fraction of sp³-hybridized carbons (Fsp3) is 0.571. The third-order valence-corrected chi connectivity index (χ3v) is 4.41. The van der Waals surface area contributed by atoms with E-state index in [0.29, 0.717) is 6.10 Å². The molecule has 3 heteroatoms. The van der Waals surface area contributed by atoms with E-state index in [-0.39, 0.29) is 0 Å². The Balaban J connectivity index is 1.70. The lowest BCUT2D eigenvalue weighted by Gasteiger charge is -2.09. The molecule has 2 nitrogen and oxygen atoms in total. The summed E-state index contributed by atoms with van der Waals surface area (Å²) in [6, 6.07) is 6.15. The van der Waals surface area contributed by atoms with Gasteiger partial charge in [0, 0.05) is 17.2 Å². The van der Waals surface area contributed by atoms with Crippen molar-refractivity contribution in [3.63, 3.8) is 0 Å². The van der Waals surface area contributed by atoms with Gasteiger partial charge in [0.2, 0.25) is 0 Å². The maximum absolute atomic E-state index is 5.74. The number of benzene rings is 1. The molecule has 2 N–H and O–H groups in total. The molecule has 94 valence electrons. The van der Waals surface area contributed by atoms with E-state index >= 15 is 0 Å². The highest BCUT2D eigenvalue weighted by Crippen LogP contribution is 2.26. The average molecular weight is 251 g/mol. The zero-order valence-corrected chi connectivity index (χ0v) is 11.3. The fourth-order valence-corrected chi connectivity index (χ4v) is 3.18. The predicted molar refractivity (Wildman–Crippen MR) is 74.5 cm³/mol. The number of nitrogen functional groups attached to an aromatic ring is 1. The first kappa shape index (κ1) is 12.8. The number of anilines is 1. The molecule has 1 heterocycles. The molecule has 1 aliphatic rings. The molecule has 1 atom stereocenters. The van der Waals surface area contributed by atoms with Gasteiger partial charge in [-0.05, 0) is 62.1 Å². The van der Waals surface area contributed by atoms with Crippen LogP contribution in [0.15, 0.2) is 23.1 Å². The van der Waals surface area contributed by atoms with Crippen molar-refractivity contribution in [1.29, 1.82) is 0 Å². The normalized spacial score (nSPS) is 19.7. The van der Waals surface area contributed by atoms with E-state index in [1.807, 2.05) is 23.9 Å². The van der Waals surface area contributed by atoms with E-state index in [2.05, 4.69) is 13.0 Å². The number of hydrogen-bond acceptors (Lipinski definition) is 3. The Labute approximate surface area is 108 Å². The monoisotopic (exact) mass is 251 g/mol. The largest absolute Gasteiger partial charge is 0.399 e. The van der Waals surface area contributed by atoms with E-state index in [9.17, 15) is 0 Å². The molecule has 0 radical (unpaired) electrons. The SMILES string of the molecule is Cc1cc(N)ccc1SCCCC1CCCO1. The smallest absolute Gasteiger partial charge is 0.0576 e. The van der Waals surface area contributed by atoms with Crippen LogP contribution in [0.2, 0.25) is 0 Å². The van der Waals surface area contributed by atoms with Gasteiger partial charge in [-0.3, -0.25) is 0 Å². The lowest BCUT2D eigenvalue weighted by Crippen LogP contribution is -2.04. The van der Waals surface area contributed by atoms with Crippen LogP contribution in [0.5, 0.6) is 0 Å². The van der Waals surface area contributed by atoms with Crippen LogP contribution in [-0.4, -0.2) is 18.5 Å². The maximum atomic E-state index is 5.74. The standard InChI is InChI=1S/C14H21NOS/c1-11-10-12(15)6-7-14(11)17-9-3-5-13-4-2-8-16-13/h6-7,10,13H,2-5,8-9,15H2,1H3. The molecular weight excluding hydrogens is 230 g/mol. The van der Waals surface area contributed by atoms with Crippen molar-refractivity contribution in [1.82, 2.24) is 0 Å². The Morgan fingerprint density at radius 2 is 2.35 bits per heavy atom. The third kappa shape index (κ3) is 3.93. The lowest BCUT2D eigenvalue weighted by atomic mass is 10.1. The molecular formula is C14H21NOS.